The third-order valence-corrected chi connectivity index (χ3v) is 6.71. The third kappa shape index (κ3) is 3.84. The Labute approximate surface area is 189 Å². The zero-order valence-electron chi connectivity index (χ0n) is 19.7. The Hall–Kier alpha value is -2.99. The largest absolute Gasteiger partial charge is 0.496 e. The van der Waals surface area contributed by atoms with Crippen LogP contribution in [-0.4, -0.2) is 45.3 Å². The molecule has 2 aliphatic heterocycles. The molecule has 4 rings (SSSR count). The molecule has 0 N–H and O–H groups in total. The Morgan fingerprint density at radius 2 is 1.94 bits per heavy atom. The molecule has 0 aromatic heterocycles. The van der Waals surface area contributed by atoms with Crippen LogP contribution in [0.1, 0.15) is 45.8 Å². The number of aryl methyl sites for hydroxylation is 1. The van der Waals surface area contributed by atoms with E-state index in [4.69, 9.17) is 18.9 Å². The summed E-state index contributed by atoms with van der Waals surface area (Å²) < 4.78 is 22.4. The van der Waals surface area contributed by atoms with Crippen LogP contribution in [0, 0.1) is 20.8 Å². The zero-order valence-corrected chi connectivity index (χ0v) is 19.7. The Kier molecular flexibility index (Phi) is 6.15. The summed E-state index contributed by atoms with van der Waals surface area (Å²) in [5.74, 6) is 2.97. The van der Waals surface area contributed by atoms with Gasteiger partial charge < -0.3 is 18.9 Å². The highest BCUT2D eigenvalue weighted by Gasteiger charge is 2.34. The SMILES string of the molecule is COc1cc(C)c(C=CC(=O)C[C@@H]2c3c(cc4c(c3OC)OCO4)CCN2C)c(C)c1C. The van der Waals surface area contributed by atoms with Gasteiger partial charge in [0.2, 0.25) is 12.5 Å². The minimum atomic E-state index is -0.0832. The lowest BCUT2D eigenvalue weighted by molar-refractivity contribution is -0.115. The second-order valence-corrected chi connectivity index (χ2v) is 8.53. The van der Waals surface area contributed by atoms with Gasteiger partial charge in [-0.3, -0.25) is 9.69 Å². The fraction of sp³-hybridized carbons (Fsp3) is 0.423. The number of fused-ring (bicyclic) bond motifs is 2. The summed E-state index contributed by atoms with van der Waals surface area (Å²) in [6, 6.07) is 3.97. The number of hydrogen-bond acceptors (Lipinski definition) is 6. The van der Waals surface area contributed by atoms with Crippen LogP contribution in [0.15, 0.2) is 18.2 Å². The number of benzene rings is 2. The summed E-state index contributed by atoms with van der Waals surface area (Å²) in [5, 5.41) is 0. The van der Waals surface area contributed by atoms with Gasteiger partial charge in [-0.2, -0.15) is 0 Å². The first-order valence-electron chi connectivity index (χ1n) is 10.9. The van der Waals surface area contributed by atoms with Gasteiger partial charge in [-0.25, -0.2) is 0 Å². The third-order valence-electron chi connectivity index (χ3n) is 6.71. The monoisotopic (exact) mass is 437 g/mol. The average Bonchev–Trinajstić information content (AvgIpc) is 3.25. The highest BCUT2D eigenvalue weighted by atomic mass is 16.7. The Morgan fingerprint density at radius 3 is 2.66 bits per heavy atom. The number of ketones is 1. The van der Waals surface area contributed by atoms with Crippen molar-refractivity contribution < 1.29 is 23.7 Å². The normalized spacial score (nSPS) is 17.5. The van der Waals surface area contributed by atoms with Crippen molar-refractivity contribution >= 4 is 11.9 Å². The van der Waals surface area contributed by atoms with Gasteiger partial charge in [0.25, 0.3) is 0 Å². The number of likely N-dealkylation sites (N-methyl/N-ethyl adjacent to an activating group) is 1. The number of hydrogen-bond donors (Lipinski definition) is 0. The van der Waals surface area contributed by atoms with Gasteiger partial charge in [0.15, 0.2) is 17.3 Å². The number of methoxy groups -OCH3 is 2. The van der Waals surface area contributed by atoms with E-state index >= 15 is 0 Å². The lowest BCUT2D eigenvalue weighted by atomic mass is 9.88. The maximum absolute atomic E-state index is 13.1. The van der Waals surface area contributed by atoms with Gasteiger partial charge in [-0.05, 0) is 80.3 Å². The molecular weight excluding hydrogens is 406 g/mol. The summed E-state index contributed by atoms with van der Waals surface area (Å²) in [6.07, 6.45) is 4.87. The van der Waals surface area contributed by atoms with Crippen LogP contribution in [0.2, 0.25) is 0 Å². The summed E-state index contributed by atoms with van der Waals surface area (Å²) in [5.41, 5.74) is 6.55. The van der Waals surface area contributed by atoms with Crippen molar-refractivity contribution in [3.05, 3.63) is 51.6 Å². The van der Waals surface area contributed by atoms with Gasteiger partial charge in [-0.1, -0.05) is 6.08 Å². The predicted molar refractivity (Wildman–Crippen MR) is 124 cm³/mol. The molecule has 2 aromatic carbocycles. The van der Waals surface area contributed by atoms with Crippen molar-refractivity contribution in [3.63, 3.8) is 0 Å². The van der Waals surface area contributed by atoms with E-state index in [2.05, 4.69) is 18.9 Å². The molecule has 0 bridgehead atoms. The van der Waals surface area contributed by atoms with E-state index in [1.807, 2.05) is 32.1 Å². The molecule has 2 aromatic rings. The molecule has 1 atom stereocenters. The van der Waals surface area contributed by atoms with Crippen molar-refractivity contribution in [2.75, 3.05) is 34.6 Å². The molecule has 0 saturated heterocycles. The van der Waals surface area contributed by atoms with E-state index in [1.165, 1.54) is 0 Å². The maximum atomic E-state index is 13.1. The Morgan fingerprint density at radius 1 is 1.16 bits per heavy atom. The van der Waals surface area contributed by atoms with Gasteiger partial charge >= 0.3 is 0 Å². The molecule has 32 heavy (non-hydrogen) atoms. The summed E-state index contributed by atoms with van der Waals surface area (Å²) >= 11 is 0. The van der Waals surface area contributed by atoms with Crippen LogP contribution in [0.4, 0.5) is 0 Å². The highest BCUT2D eigenvalue weighted by molar-refractivity contribution is 5.94. The average molecular weight is 438 g/mol. The van der Waals surface area contributed by atoms with E-state index in [0.717, 1.165) is 57.8 Å². The van der Waals surface area contributed by atoms with Crippen LogP contribution < -0.4 is 18.9 Å². The van der Waals surface area contributed by atoms with Crippen LogP contribution in [-0.2, 0) is 11.2 Å². The minimum Gasteiger partial charge on any atom is -0.496 e. The lowest BCUT2D eigenvalue weighted by Gasteiger charge is -2.35. The molecular formula is C26H31NO5. The van der Waals surface area contributed by atoms with E-state index in [9.17, 15) is 4.79 Å². The van der Waals surface area contributed by atoms with E-state index in [-0.39, 0.29) is 18.6 Å². The van der Waals surface area contributed by atoms with Crippen molar-refractivity contribution in [2.45, 2.75) is 39.7 Å². The molecule has 0 aliphatic carbocycles. The molecule has 0 fully saturated rings. The maximum Gasteiger partial charge on any atom is 0.231 e. The van der Waals surface area contributed by atoms with Crippen LogP contribution in [0.25, 0.3) is 6.08 Å². The molecule has 170 valence electrons. The molecule has 0 spiro atoms. The standard InChI is InChI=1S/C26H31NO5/c1-15-11-22(29-5)17(3)16(2)20(15)8-7-19(28)13-21-24-18(9-10-27(21)4)12-23-25(26(24)30-6)32-14-31-23/h7-8,11-12,21H,9-10,13-14H2,1-6H3/t21-/m1/s1. The minimum absolute atomic E-state index is 0.0710. The van der Waals surface area contributed by atoms with Gasteiger partial charge in [0.1, 0.15) is 5.75 Å². The first-order valence-corrected chi connectivity index (χ1v) is 10.9. The summed E-state index contributed by atoms with van der Waals surface area (Å²) in [4.78, 5) is 15.3. The second-order valence-electron chi connectivity index (χ2n) is 8.53. The molecule has 6 heteroatoms. The number of carbonyl (C=O) groups is 1. The van der Waals surface area contributed by atoms with E-state index in [0.29, 0.717) is 17.9 Å². The van der Waals surface area contributed by atoms with Crippen LogP contribution >= 0.6 is 0 Å². The number of carbonyl (C=O) groups excluding carboxylic acids is 1. The van der Waals surface area contributed by atoms with Crippen molar-refractivity contribution in [3.8, 4) is 23.0 Å². The first-order chi connectivity index (χ1) is 15.3. The first kappa shape index (κ1) is 22.2. The fourth-order valence-corrected chi connectivity index (χ4v) is 4.75. The van der Waals surface area contributed by atoms with Crippen LogP contribution in [0.5, 0.6) is 23.0 Å². The summed E-state index contributed by atoms with van der Waals surface area (Å²) in [6.45, 7) is 7.20. The van der Waals surface area contributed by atoms with Crippen molar-refractivity contribution in [2.24, 2.45) is 0 Å². The predicted octanol–water partition coefficient (Wildman–Crippen LogP) is 4.56. The fourth-order valence-electron chi connectivity index (χ4n) is 4.75. The molecule has 0 unspecified atom stereocenters. The smallest absolute Gasteiger partial charge is 0.231 e. The quantitative estimate of drug-likeness (QED) is 0.618. The van der Waals surface area contributed by atoms with Crippen LogP contribution in [0.3, 0.4) is 0 Å². The highest BCUT2D eigenvalue weighted by Crippen LogP contribution is 2.50. The zero-order chi connectivity index (χ0) is 23.0. The number of nitrogens with zero attached hydrogens (tertiary/aromatic N) is 1. The lowest BCUT2D eigenvalue weighted by Crippen LogP contribution is -2.33. The number of allylic oxidation sites excluding steroid dienone is 1. The number of ether oxygens (including phenoxy) is 4. The van der Waals surface area contributed by atoms with Crippen molar-refractivity contribution in [1.29, 1.82) is 0 Å². The second kappa shape index (κ2) is 8.87. The van der Waals surface area contributed by atoms with Gasteiger partial charge in [0.05, 0.1) is 14.2 Å². The van der Waals surface area contributed by atoms with Gasteiger partial charge in [0, 0.05) is 24.6 Å². The molecule has 2 aliphatic rings. The van der Waals surface area contributed by atoms with E-state index in [1.54, 1.807) is 20.3 Å². The van der Waals surface area contributed by atoms with Gasteiger partial charge in [-0.15, -0.1) is 0 Å². The molecule has 0 saturated carbocycles. The Bertz CT molecular complexity index is 1090. The van der Waals surface area contributed by atoms with Crippen molar-refractivity contribution in [1.82, 2.24) is 4.90 Å². The molecule has 0 radical (unpaired) electrons. The van der Waals surface area contributed by atoms with E-state index < -0.39 is 0 Å². The molecule has 2 heterocycles. The summed E-state index contributed by atoms with van der Waals surface area (Å²) in [7, 11) is 5.37. The topological polar surface area (TPSA) is 57.2 Å². The number of rotatable bonds is 6. The Balaban J connectivity index is 1.62. The molecule has 6 nitrogen and oxygen atoms in total. The molecule has 0 amide bonds.